The van der Waals surface area contributed by atoms with E-state index in [0.29, 0.717) is 0 Å². The molecule has 0 spiro atoms. The van der Waals surface area contributed by atoms with Crippen LogP contribution in [-0.4, -0.2) is 123 Å². The van der Waals surface area contributed by atoms with Crippen LogP contribution in [0.15, 0.2) is 0 Å². The molecule has 0 amide bonds. The fraction of sp³-hybridized carbons (Fsp3) is 1.00. The van der Waals surface area contributed by atoms with Crippen molar-refractivity contribution < 1.29 is 16.4 Å². The first-order valence-electron chi connectivity index (χ1n) is 17.1. The molecule has 0 saturated carbocycles. The Hall–Kier alpha value is 2.84. The van der Waals surface area contributed by atoms with E-state index in [2.05, 4.69) is 265 Å². The zero-order valence-corrected chi connectivity index (χ0v) is 45.6. The van der Waals surface area contributed by atoms with Gasteiger partial charge in [0.15, 0.2) is 0 Å². The van der Waals surface area contributed by atoms with Gasteiger partial charge < -0.3 is 0 Å². The van der Waals surface area contributed by atoms with Gasteiger partial charge in [0.25, 0.3) is 0 Å². The van der Waals surface area contributed by atoms with Crippen molar-refractivity contribution in [2.45, 2.75) is 210 Å². The third-order valence-corrected chi connectivity index (χ3v) is 42.4. The van der Waals surface area contributed by atoms with Crippen molar-refractivity contribution in [1.29, 1.82) is 0 Å². The molecule has 2 aliphatic heterocycles. The molecule has 2 aliphatic rings. The van der Waals surface area contributed by atoms with Crippen molar-refractivity contribution in [1.82, 2.24) is 20.3 Å². The summed E-state index contributed by atoms with van der Waals surface area (Å²) in [5, 5.41) is 15.8. The van der Waals surface area contributed by atoms with Crippen LogP contribution in [0.1, 0.15) is 166 Å². The zero-order chi connectivity index (χ0) is 39.1. The van der Waals surface area contributed by atoms with Gasteiger partial charge in [-0.2, -0.15) is 0 Å². The Balaban J connectivity index is 0.000000480. The first-order chi connectivity index (χ1) is 20.3. The summed E-state index contributed by atoms with van der Waals surface area (Å²) in [4.78, 5) is 0. The fourth-order valence-electron chi connectivity index (χ4n) is 6.29. The predicted octanol–water partition coefficient (Wildman–Crippen LogP) is 9.26. The van der Waals surface area contributed by atoms with Crippen molar-refractivity contribution in [3.8, 4) is 0 Å². The van der Waals surface area contributed by atoms with Crippen LogP contribution in [0.25, 0.3) is 0 Å². The van der Waals surface area contributed by atoms with E-state index in [-0.39, 0.29) is 44.3 Å². The summed E-state index contributed by atoms with van der Waals surface area (Å²) in [5.41, 5.74) is 0.370. The van der Waals surface area contributed by atoms with Crippen LogP contribution >= 0.6 is 24.2 Å². The molecule has 0 aromatic carbocycles. The number of hydrogen-bond acceptors (Lipinski definition) is 4. The normalized spacial score (nSPS) is 29.8. The first-order valence-corrected chi connectivity index (χ1v) is 32.8. The summed E-state index contributed by atoms with van der Waals surface area (Å²) in [6, 6.07) is -7.15. The predicted molar refractivity (Wildman–Crippen MR) is 222 cm³/mol. The third-order valence-electron chi connectivity index (χ3n) is 6.38. The molecule has 0 atom stereocenters. The Morgan fingerprint density at radius 3 is 0.438 bits per heavy atom. The topological polar surface area (TPSA) is 60.2 Å². The molecule has 4 N–H and O–H groups in total. The van der Waals surface area contributed by atoms with Gasteiger partial charge in [0.2, 0.25) is 0 Å². The van der Waals surface area contributed by atoms with Crippen molar-refractivity contribution in [3.05, 3.63) is 0 Å². The van der Waals surface area contributed by atoms with Gasteiger partial charge in [0.05, 0.1) is 0 Å². The molecule has 0 radical (unpaired) electrons. The standard InChI is InChI=1S/2C16H36N4P2Se2/c2*1-13(2,3)17-21(23)19(15(7,8)9)22(24,18-14(4,5)6)20(21)16(10,11)12/h2*1-12H3/q2*-2/p+4. The number of nitrogens with one attached hydrogen (secondary N) is 4. The molecule has 8 nitrogen and oxygen atoms in total. The van der Waals surface area contributed by atoms with E-state index in [9.17, 15) is 0 Å². The summed E-state index contributed by atoms with van der Waals surface area (Å²) in [6.07, 6.45) is 0. The van der Waals surface area contributed by atoms with Crippen LogP contribution in [0.4, 0.5) is 0 Å². The minimum atomic E-state index is -1.79. The maximum absolute atomic E-state index is 3.96. The van der Waals surface area contributed by atoms with Crippen molar-refractivity contribution in [2.75, 3.05) is 0 Å². The summed E-state index contributed by atoms with van der Waals surface area (Å²) in [5.74, 6) is 0. The second-order valence-corrected chi connectivity index (χ2v) is 44.0. The van der Waals surface area contributed by atoms with Crippen LogP contribution in [0, 0.1) is 0 Å². The van der Waals surface area contributed by atoms with Crippen molar-refractivity contribution in [2.24, 2.45) is 0 Å². The van der Waals surface area contributed by atoms with Gasteiger partial charge in [-0.3, -0.25) is 0 Å². The summed E-state index contributed by atoms with van der Waals surface area (Å²) >= 11 is 14.5. The monoisotopic (exact) mass is 1020 g/mol. The molecule has 2 rings (SSSR count). The van der Waals surface area contributed by atoms with E-state index in [4.69, 9.17) is 0 Å². The van der Waals surface area contributed by atoms with E-state index in [1.807, 2.05) is 0 Å². The van der Waals surface area contributed by atoms with Crippen molar-refractivity contribution in [3.63, 3.8) is 0 Å². The molecule has 0 unspecified atom stereocenters. The average molecular weight is 1010 g/mol. The van der Waals surface area contributed by atoms with Gasteiger partial charge >= 0.3 is 334 Å². The van der Waals surface area contributed by atoms with Gasteiger partial charge in [-0.15, -0.1) is 0 Å². The second kappa shape index (κ2) is 14.4. The molecular formula is C32H76N8P4Se4. The SMILES string of the molecule is CC(C)(C)NP1([Se-])=[N+](C(C)(C)C)P([Se-])(NC(C)(C)C)=[N+]1C(C)(C)C.CC(C)(C)NP1([Se-])=[N+](C(C)(C)C)P([Se-])(NC(C)(C)C)=[N+]1C(C)(C)C. The van der Waals surface area contributed by atoms with Crippen LogP contribution in [0.2, 0.25) is 0 Å². The Bertz CT molecular complexity index is 1220. The molecule has 0 aromatic heterocycles. The Kier molecular flexibility index (Phi) is 14.7. The van der Waals surface area contributed by atoms with E-state index < -0.39 is 24.2 Å². The minimum absolute atomic E-state index is 0.0407. The quantitative estimate of drug-likeness (QED) is 0.168. The Morgan fingerprint density at radius 2 is 0.375 bits per heavy atom. The average Bonchev–Trinajstić information content (AvgIpc) is 2.53. The van der Waals surface area contributed by atoms with Crippen LogP contribution < -0.4 is 20.3 Å². The Labute approximate surface area is 331 Å². The van der Waals surface area contributed by atoms with Crippen molar-refractivity contribution >= 4 is 86.5 Å². The van der Waals surface area contributed by atoms with Gasteiger partial charge in [0, 0.05) is 0 Å². The molecule has 288 valence electrons. The molecule has 48 heavy (non-hydrogen) atoms. The molecule has 2 heterocycles. The molecular weight excluding hydrogens is 936 g/mol. The van der Waals surface area contributed by atoms with Crippen LogP contribution in [-0.2, 0) is 0 Å². The Morgan fingerprint density at radius 1 is 0.271 bits per heavy atom. The molecule has 0 saturated heterocycles. The van der Waals surface area contributed by atoms with Gasteiger partial charge in [0.1, 0.15) is 0 Å². The van der Waals surface area contributed by atoms with Gasteiger partial charge in [-0.05, 0) is 0 Å². The van der Waals surface area contributed by atoms with Gasteiger partial charge in [-0.1, -0.05) is 0 Å². The third kappa shape index (κ3) is 11.4. The molecule has 16 heteroatoms. The maximum atomic E-state index is 3.96. The second-order valence-electron chi connectivity index (χ2n) is 21.5. The molecule has 0 aromatic rings. The van der Waals surface area contributed by atoms with E-state index >= 15 is 0 Å². The van der Waals surface area contributed by atoms with Gasteiger partial charge in [-0.25, -0.2) is 0 Å². The van der Waals surface area contributed by atoms with E-state index in [1.165, 1.54) is 0 Å². The molecule has 0 bridgehead atoms. The van der Waals surface area contributed by atoms with E-state index in [1.54, 1.807) is 0 Å². The first kappa shape index (κ1) is 48.9. The van der Waals surface area contributed by atoms with Crippen LogP contribution in [0.3, 0.4) is 0 Å². The zero-order valence-electron chi connectivity index (χ0n) is 35.2. The summed E-state index contributed by atoms with van der Waals surface area (Å²) in [6.45, 7) is 54.9. The van der Waals surface area contributed by atoms with Crippen LogP contribution in [0.5, 0.6) is 0 Å². The van der Waals surface area contributed by atoms with E-state index in [0.717, 1.165) is 0 Å². The number of nitrogens with zero attached hydrogens (tertiary/aromatic N) is 4. The number of hydrogen-bond donors (Lipinski definition) is 4. The number of rotatable bonds is 4. The summed E-state index contributed by atoms with van der Waals surface area (Å²) in [7, 11) is 0. The fourth-order valence-corrected chi connectivity index (χ4v) is 68.5. The summed E-state index contributed by atoms with van der Waals surface area (Å²) < 4.78 is 10.8. The molecule has 0 aliphatic carbocycles. The molecule has 0 fully saturated rings.